The molecule has 0 aliphatic carbocycles. The fourth-order valence-corrected chi connectivity index (χ4v) is 3.89. The molecule has 0 aliphatic rings. The van der Waals surface area contributed by atoms with E-state index in [0.29, 0.717) is 19.0 Å². The first kappa shape index (κ1) is 16.4. The molecule has 0 aromatic carbocycles. The summed E-state index contributed by atoms with van der Waals surface area (Å²) in [6, 6.07) is 3.09. The largest absolute Gasteiger partial charge is 0.246 e. The third kappa shape index (κ3) is 3.91. The van der Waals surface area contributed by atoms with E-state index >= 15 is 0 Å². The quantitative estimate of drug-likeness (QED) is 0.727. The molecule has 1 heterocycles. The van der Waals surface area contributed by atoms with E-state index in [1.165, 1.54) is 16.6 Å². The van der Waals surface area contributed by atoms with Gasteiger partial charge in [0.1, 0.15) is 10.0 Å². The lowest BCUT2D eigenvalue weighted by molar-refractivity contribution is 0.339. The number of halogens is 1. The van der Waals surface area contributed by atoms with E-state index in [2.05, 4.69) is 18.8 Å². The summed E-state index contributed by atoms with van der Waals surface area (Å²) >= 11 is 5.90. The molecule has 0 fully saturated rings. The fourth-order valence-electron chi connectivity index (χ4n) is 1.93. The van der Waals surface area contributed by atoms with E-state index in [4.69, 9.17) is 11.6 Å². The highest BCUT2D eigenvalue weighted by Gasteiger charge is 2.27. The molecule has 0 aliphatic heterocycles. The van der Waals surface area contributed by atoms with E-state index in [1.54, 1.807) is 6.07 Å². The Morgan fingerprint density at radius 2 is 1.95 bits per heavy atom. The van der Waals surface area contributed by atoms with Crippen molar-refractivity contribution in [3.63, 3.8) is 0 Å². The second-order valence-corrected chi connectivity index (χ2v) is 6.69. The van der Waals surface area contributed by atoms with E-state index in [9.17, 15) is 8.42 Å². The number of aromatic nitrogens is 1. The Kier molecular flexibility index (Phi) is 6.23. The highest BCUT2D eigenvalue weighted by Crippen LogP contribution is 2.23. The summed E-state index contributed by atoms with van der Waals surface area (Å²) in [6.45, 7) is 6.95. The molecule has 0 spiro atoms. The van der Waals surface area contributed by atoms with Crippen LogP contribution < -0.4 is 0 Å². The van der Waals surface area contributed by atoms with Gasteiger partial charge in [-0.2, -0.15) is 4.31 Å². The lowest BCUT2D eigenvalue weighted by Gasteiger charge is -2.25. The van der Waals surface area contributed by atoms with Gasteiger partial charge in [-0.15, -0.1) is 0 Å². The van der Waals surface area contributed by atoms with Crippen molar-refractivity contribution < 1.29 is 8.42 Å². The van der Waals surface area contributed by atoms with Crippen LogP contribution in [0.15, 0.2) is 23.2 Å². The molecule has 4 nitrogen and oxygen atoms in total. The molecular formula is C13H21ClN2O2S. The van der Waals surface area contributed by atoms with Gasteiger partial charge in [-0.05, 0) is 18.1 Å². The smallest absolute Gasteiger partial charge is 0.243 e. The van der Waals surface area contributed by atoms with Crippen LogP contribution in [0.2, 0.25) is 5.15 Å². The number of hydrogen-bond acceptors (Lipinski definition) is 3. The van der Waals surface area contributed by atoms with Crippen molar-refractivity contribution in [1.29, 1.82) is 0 Å². The molecule has 1 aromatic rings. The van der Waals surface area contributed by atoms with Crippen molar-refractivity contribution in [2.24, 2.45) is 5.92 Å². The van der Waals surface area contributed by atoms with Crippen molar-refractivity contribution in [1.82, 2.24) is 9.29 Å². The van der Waals surface area contributed by atoms with Crippen molar-refractivity contribution in [3.05, 3.63) is 23.5 Å². The van der Waals surface area contributed by atoms with Gasteiger partial charge in [0.05, 0.1) is 0 Å². The normalized spacial score (nSPS) is 12.3. The van der Waals surface area contributed by atoms with Crippen LogP contribution in [0.1, 0.15) is 33.6 Å². The highest BCUT2D eigenvalue weighted by molar-refractivity contribution is 7.89. The van der Waals surface area contributed by atoms with Crippen LogP contribution in [-0.2, 0) is 10.0 Å². The van der Waals surface area contributed by atoms with Crippen LogP contribution in [-0.4, -0.2) is 30.8 Å². The zero-order valence-corrected chi connectivity index (χ0v) is 13.2. The summed E-state index contributed by atoms with van der Waals surface area (Å²) in [5, 5.41) is 0.0329. The lowest BCUT2D eigenvalue weighted by atomic mass is 10.0. The second-order valence-electron chi connectivity index (χ2n) is 4.43. The van der Waals surface area contributed by atoms with Gasteiger partial charge in [-0.25, -0.2) is 13.4 Å². The maximum atomic E-state index is 12.6. The minimum atomic E-state index is -3.56. The average molecular weight is 305 g/mol. The topological polar surface area (TPSA) is 50.3 Å². The first-order valence-electron chi connectivity index (χ1n) is 6.57. The number of pyridine rings is 1. The zero-order valence-electron chi connectivity index (χ0n) is 11.6. The maximum Gasteiger partial charge on any atom is 0.246 e. The first-order chi connectivity index (χ1) is 8.97. The van der Waals surface area contributed by atoms with Gasteiger partial charge in [-0.1, -0.05) is 45.2 Å². The van der Waals surface area contributed by atoms with Gasteiger partial charge in [0, 0.05) is 19.3 Å². The number of nitrogens with zero attached hydrogens (tertiary/aromatic N) is 2. The molecule has 6 heteroatoms. The van der Waals surface area contributed by atoms with Crippen molar-refractivity contribution in [2.75, 3.05) is 13.1 Å². The molecule has 0 N–H and O–H groups in total. The van der Waals surface area contributed by atoms with E-state index in [-0.39, 0.29) is 10.0 Å². The SMILES string of the molecule is CCC(CC)CN(CC)S(=O)(=O)c1cccnc1Cl. The van der Waals surface area contributed by atoms with Crippen LogP contribution >= 0.6 is 11.6 Å². The van der Waals surface area contributed by atoms with Crippen LogP contribution in [0.5, 0.6) is 0 Å². The molecule has 19 heavy (non-hydrogen) atoms. The van der Waals surface area contributed by atoms with Gasteiger partial charge in [0.15, 0.2) is 0 Å². The van der Waals surface area contributed by atoms with Gasteiger partial charge >= 0.3 is 0 Å². The molecule has 1 rings (SSSR count). The van der Waals surface area contributed by atoms with Crippen LogP contribution in [0.25, 0.3) is 0 Å². The van der Waals surface area contributed by atoms with Crippen LogP contribution in [0.3, 0.4) is 0 Å². The summed E-state index contributed by atoms with van der Waals surface area (Å²) in [5.74, 6) is 0.366. The highest BCUT2D eigenvalue weighted by atomic mass is 35.5. The monoisotopic (exact) mass is 304 g/mol. The second kappa shape index (κ2) is 7.22. The summed E-state index contributed by atoms with van der Waals surface area (Å²) in [4.78, 5) is 3.93. The molecule has 0 atom stereocenters. The Balaban J connectivity index is 3.06. The van der Waals surface area contributed by atoms with Crippen molar-refractivity contribution in [3.8, 4) is 0 Å². The maximum absolute atomic E-state index is 12.6. The standard InChI is InChI=1S/C13H21ClN2O2S/c1-4-11(5-2)10-16(6-3)19(17,18)12-8-7-9-15-13(12)14/h7-9,11H,4-6,10H2,1-3H3. The molecule has 0 radical (unpaired) electrons. The lowest BCUT2D eigenvalue weighted by Crippen LogP contribution is -2.35. The molecule has 1 aromatic heterocycles. The number of rotatable bonds is 7. The predicted octanol–water partition coefficient (Wildman–Crippen LogP) is 3.18. The zero-order chi connectivity index (χ0) is 14.5. The van der Waals surface area contributed by atoms with E-state index in [1.807, 2.05) is 6.92 Å². The fraction of sp³-hybridized carbons (Fsp3) is 0.615. The Morgan fingerprint density at radius 3 is 2.42 bits per heavy atom. The first-order valence-corrected chi connectivity index (χ1v) is 8.39. The minimum absolute atomic E-state index is 0.0329. The van der Waals surface area contributed by atoms with Crippen LogP contribution in [0.4, 0.5) is 0 Å². The van der Waals surface area contributed by atoms with Gasteiger partial charge in [0.25, 0.3) is 0 Å². The average Bonchev–Trinajstić information content (AvgIpc) is 2.40. The summed E-state index contributed by atoms with van der Waals surface area (Å²) in [5.41, 5.74) is 0. The van der Waals surface area contributed by atoms with Gasteiger partial charge in [0.2, 0.25) is 10.0 Å². The Hall–Kier alpha value is -0.650. The van der Waals surface area contributed by atoms with E-state index < -0.39 is 10.0 Å². The molecule has 0 amide bonds. The molecule has 108 valence electrons. The Bertz CT molecular complexity index is 501. The van der Waals surface area contributed by atoms with E-state index in [0.717, 1.165) is 12.8 Å². The molecule has 0 unspecified atom stereocenters. The number of sulfonamides is 1. The van der Waals surface area contributed by atoms with Crippen LogP contribution in [0, 0.1) is 5.92 Å². The molecule has 0 bridgehead atoms. The molecular weight excluding hydrogens is 284 g/mol. The summed E-state index contributed by atoms with van der Waals surface area (Å²) < 4.78 is 26.6. The molecule has 0 saturated carbocycles. The minimum Gasteiger partial charge on any atom is -0.243 e. The third-order valence-corrected chi connectivity index (χ3v) is 5.70. The summed E-state index contributed by atoms with van der Waals surface area (Å²) in [6.07, 6.45) is 3.41. The third-order valence-electron chi connectivity index (χ3n) is 3.31. The van der Waals surface area contributed by atoms with Gasteiger partial charge in [-0.3, -0.25) is 0 Å². The molecule has 0 saturated heterocycles. The Morgan fingerprint density at radius 1 is 1.32 bits per heavy atom. The summed E-state index contributed by atoms with van der Waals surface area (Å²) in [7, 11) is -3.56. The number of hydrogen-bond donors (Lipinski definition) is 0. The van der Waals surface area contributed by atoms with Crippen molar-refractivity contribution >= 4 is 21.6 Å². The Labute approximate surface area is 120 Å². The van der Waals surface area contributed by atoms with Gasteiger partial charge < -0.3 is 0 Å². The van der Waals surface area contributed by atoms with Crippen molar-refractivity contribution in [2.45, 2.75) is 38.5 Å². The predicted molar refractivity (Wildman–Crippen MR) is 77.8 cm³/mol.